The van der Waals surface area contributed by atoms with Gasteiger partial charge in [0.15, 0.2) is 0 Å². The minimum absolute atomic E-state index is 0.0213. The van der Waals surface area contributed by atoms with Gasteiger partial charge >= 0.3 is 12.1 Å². The van der Waals surface area contributed by atoms with Crippen molar-refractivity contribution >= 4 is 12.1 Å². The molecule has 0 aromatic carbocycles. The van der Waals surface area contributed by atoms with Crippen LogP contribution in [-0.4, -0.2) is 74.6 Å². The molecule has 6 rings (SSSR count). The number of carbonyl (C=O) groups excluding carboxylic acids is 2. The summed E-state index contributed by atoms with van der Waals surface area (Å²) in [5, 5.41) is 37.3. The number of hydrogen-bond donors (Lipinski definition) is 4. The zero-order valence-electron chi connectivity index (χ0n) is 33.3. The second kappa shape index (κ2) is 11.5. The molecular weight excluding hydrogens is 634 g/mol. The van der Waals surface area contributed by atoms with Crippen LogP contribution in [-0.2, 0) is 19.0 Å². The standard InChI is InChI=1S/C41H69NO8/c1-22(2)29(42-33(46)50-34(4,5)6)32(45)48-25-21-38(12)26-20-24(43)30-35(7,8)27(44)14-17-41(30)23(3)40(26,41)19-18-37(38,11)31(25)39(13)16-15-28(49-39)36(9,10)47/h22-31,43-44,47H,14-21H2,1-13H3,(H,42,46)/t23-,24-,25-,26-,27-,28-,29-,30-,31-,37+,38-,39+,40-,41+/m0/s1. The predicted molar refractivity (Wildman–Crippen MR) is 191 cm³/mol. The van der Waals surface area contributed by atoms with Crippen LogP contribution in [0.2, 0.25) is 0 Å². The van der Waals surface area contributed by atoms with E-state index >= 15 is 0 Å². The second-order valence-corrected chi connectivity index (χ2v) is 21.0. The Labute approximate surface area is 301 Å². The molecule has 0 bridgehead atoms. The number of alkyl carbamates (subject to hydrolysis) is 1. The summed E-state index contributed by atoms with van der Waals surface area (Å²) in [6.45, 7) is 26.5. The summed E-state index contributed by atoms with van der Waals surface area (Å²) in [6.07, 6.45) is 4.03. The Balaban J connectivity index is 1.39. The van der Waals surface area contributed by atoms with Crippen molar-refractivity contribution in [2.75, 3.05) is 0 Å². The highest BCUT2D eigenvalue weighted by atomic mass is 16.6. The fourth-order valence-electron chi connectivity index (χ4n) is 14.1. The fraction of sp³-hybridized carbons (Fsp3) is 0.951. The van der Waals surface area contributed by atoms with Crippen molar-refractivity contribution in [3.63, 3.8) is 0 Å². The molecule has 1 amide bonds. The summed E-state index contributed by atoms with van der Waals surface area (Å²) in [4.78, 5) is 27.1. The summed E-state index contributed by atoms with van der Waals surface area (Å²) < 4.78 is 19.1. The molecule has 1 saturated heterocycles. The number of aliphatic hydroxyl groups excluding tert-OH is 2. The maximum absolute atomic E-state index is 14.3. The lowest BCUT2D eigenvalue weighted by Crippen LogP contribution is -2.62. The first-order chi connectivity index (χ1) is 22.7. The minimum Gasteiger partial charge on any atom is -0.460 e. The third-order valence-electron chi connectivity index (χ3n) is 16.3. The van der Waals surface area contributed by atoms with E-state index in [1.54, 1.807) is 34.6 Å². The van der Waals surface area contributed by atoms with E-state index in [-0.39, 0.29) is 56.9 Å². The lowest BCUT2D eigenvalue weighted by atomic mass is 9.41. The van der Waals surface area contributed by atoms with E-state index in [1.807, 2.05) is 13.8 Å². The lowest BCUT2D eigenvalue weighted by molar-refractivity contribution is -0.214. The molecule has 50 heavy (non-hydrogen) atoms. The molecule has 9 nitrogen and oxygen atoms in total. The van der Waals surface area contributed by atoms with Crippen molar-refractivity contribution in [1.29, 1.82) is 0 Å². The first-order valence-corrected chi connectivity index (χ1v) is 19.7. The number of fused-ring (bicyclic) bond motifs is 2. The topological polar surface area (TPSA) is 135 Å². The molecule has 1 aliphatic heterocycles. The lowest BCUT2D eigenvalue weighted by Gasteiger charge is -2.64. The smallest absolute Gasteiger partial charge is 0.408 e. The number of nitrogens with one attached hydrogen (secondary N) is 1. The number of rotatable bonds is 6. The maximum atomic E-state index is 14.3. The highest BCUT2D eigenvalue weighted by molar-refractivity contribution is 5.82. The average molecular weight is 704 g/mol. The van der Waals surface area contributed by atoms with Crippen molar-refractivity contribution in [3.05, 3.63) is 0 Å². The number of carbonyl (C=O) groups is 2. The van der Waals surface area contributed by atoms with E-state index in [0.717, 1.165) is 32.1 Å². The molecule has 0 aromatic heterocycles. The van der Waals surface area contributed by atoms with Crippen molar-refractivity contribution in [2.24, 2.45) is 56.7 Å². The summed E-state index contributed by atoms with van der Waals surface area (Å²) >= 11 is 0. The summed E-state index contributed by atoms with van der Waals surface area (Å²) in [5.41, 5.74) is -3.29. The number of hydrogen-bond acceptors (Lipinski definition) is 8. The van der Waals surface area contributed by atoms with E-state index in [9.17, 15) is 24.9 Å². The Morgan fingerprint density at radius 1 is 0.880 bits per heavy atom. The zero-order chi connectivity index (χ0) is 37.4. The van der Waals surface area contributed by atoms with Gasteiger partial charge in [0.25, 0.3) is 0 Å². The third-order valence-corrected chi connectivity index (χ3v) is 16.3. The van der Waals surface area contributed by atoms with Gasteiger partial charge in [-0.05, 0) is 144 Å². The second-order valence-electron chi connectivity index (χ2n) is 21.0. The van der Waals surface area contributed by atoms with Crippen LogP contribution in [0.1, 0.15) is 141 Å². The molecule has 0 unspecified atom stereocenters. The van der Waals surface area contributed by atoms with Gasteiger partial charge in [-0.3, -0.25) is 0 Å². The SMILES string of the molecule is CC(C)[C@H](NC(=O)OC(C)(C)C)C(=O)O[C@H]1C[C@@]2(C)[C@@H]3C[C@H](O)[C@H]4C(C)(C)[C@@H](O)CC[C@@]45[C@@H](C)[C@@]35CC[C@]2(C)[C@H]1[C@@]1(C)CC[C@@H](C(C)(C)O)O1. The molecule has 0 radical (unpaired) electrons. The van der Waals surface area contributed by atoms with Gasteiger partial charge in [-0.25, -0.2) is 9.59 Å². The highest BCUT2D eigenvalue weighted by Crippen LogP contribution is 2.91. The first-order valence-electron chi connectivity index (χ1n) is 19.7. The normalized spacial score (nSPS) is 48.5. The quantitative estimate of drug-likeness (QED) is 0.223. The number of ether oxygens (including phenoxy) is 3. The van der Waals surface area contributed by atoms with Gasteiger partial charge in [0.2, 0.25) is 0 Å². The molecular formula is C41H69NO8. The van der Waals surface area contributed by atoms with Crippen LogP contribution in [0.4, 0.5) is 4.79 Å². The summed E-state index contributed by atoms with van der Waals surface area (Å²) in [6, 6.07) is -0.888. The van der Waals surface area contributed by atoms with Crippen molar-refractivity contribution in [3.8, 4) is 0 Å². The fourth-order valence-corrected chi connectivity index (χ4v) is 14.1. The van der Waals surface area contributed by atoms with E-state index in [1.165, 1.54) is 0 Å². The first kappa shape index (κ1) is 38.3. The molecule has 1 heterocycles. The van der Waals surface area contributed by atoms with Crippen LogP contribution in [0.25, 0.3) is 0 Å². The van der Waals surface area contributed by atoms with Crippen LogP contribution in [0.5, 0.6) is 0 Å². The zero-order valence-corrected chi connectivity index (χ0v) is 33.3. The van der Waals surface area contributed by atoms with Crippen LogP contribution < -0.4 is 5.32 Å². The number of aliphatic hydroxyl groups is 3. The third kappa shape index (κ3) is 5.19. The van der Waals surface area contributed by atoms with Crippen LogP contribution in [0.3, 0.4) is 0 Å². The minimum atomic E-state index is -1.01. The van der Waals surface area contributed by atoms with Crippen LogP contribution in [0, 0.1) is 56.7 Å². The molecule has 14 atom stereocenters. The summed E-state index contributed by atoms with van der Waals surface area (Å²) in [5.74, 6) is -0.179. The molecule has 9 heteroatoms. The molecule has 6 aliphatic rings. The average Bonchev–Trinajstić information content (AvgIpc) is 3.17. The van der Waals surface area contributed by atoms with Crippen molar-refractivity contribution in [2.45, 2.75) is 189 Å². The largest absolute Gasteiger partial charge is 0.460 e. The van der Waals surface area contributed by atoms with E-state index < -0.39 is 53.2 Å². The van der Waals surface area contributed by atoms with Gasteiger partial charge in [-0.1, -0.05) is 48.5 Å². The Morgan fingerprint density at radius 3 is 2.08 bits per heavy atom. The van der Waals surface area contributed by atoms with Gasteiger partial charge in [0.1, 0.15) is 17.7 Å². The Bertz CT molecular complexity index is 1370. The predicted octanol–water partition coefficient (Wildman–Crippen LogP) is 6.78. The monoisotopic (exact) mass is 704 g/mol. The molecule has 6 fully saturated rings. The van der Waals surface area contributed by atoms with E-state index in [0.29, 0.717) is 25.2 Å². The molecule has 0 aromatic rings. The molecule has 286 valence electrons. The molecule has 5 saturated carbocycles. The van der Waals surface area contributed by atoms with Crippen molar-refractivity contribution < 1.29 is 39.1 Å². The van der Waals surface area contributed by atoms with E-state index in [4.69, 9.17) is 14.2 Å². The van der Waals surface area contributed by atoms with Gasteiger partial charge in [0, 0.05) is 5.92 Å². The summed E-state index contributed by atoms with van der Waals surface area (Å²) in [7, 11) is 0. The van der Waals surface area contributed by atoms with Gasteiger partial charge < -0.3 is 34.8 Å². The molecule has 4 N–H and O–H groups in total. The van der Waals surface area contributed by atoms with Crippen molar-refractivity contribution in [1.82, 2.24) is 5.32 Å². The van der Waals surface area contributed by atoms with Gasteiger partial charge in [-0.15, -0.1) is 0 Å². The Kier molecular flexibility index (Phi) is 8.84. The molecule has 2 spiro atoms. The Morgan fingerprint density at radius 2 is 1.52 bits per heavy atom. The Hall–Kier alpha value is -1.42. The number of esters is 1. The van der Waals surface area contributed by atoms with Crippen LogP contribution >= 0.6 is 0 Å². The van der Waals surface area contributed by atoms with Gasteiger partial charge in [-0.2, -0.15) is 0 Å². The van der Waals surface area contributed by atoms with E-state index in [2.05, 4.69) is 46.9 Å². The number of amides is 1. The highest BCUT2D eigenvalue weighted by Gasteiger charge is 2.88. The van der Waals surface area contributed by atoms with Gasteiger partial charge in [0.05, 0.1) is 29.5 Å². The molecule has 5 aliphatic carbocycles. The maximum Gasteiger partial charge on any atom is 0.408 e. The van der Waals surface area contributed by atoms with Crippen LogP contribution in [0.15, 0.2) is 0 Å².